The molecule has 0 radical (unpaired) electrons. The van der Waals surface area contributed by atoms with Gasteiger partial charge in [0.25, 0.3) is 5.91 Å². The molecule has 0 saturated heterocycles. The van der Waals surface area contributed by atoms with Crippen LogP contribution in [-0.4, -0.2) is 25.1 Å². The molecule has 0 aromatic heterocycles. The van der Waals surface area contributed by atoms with Gasteiger partial charge in [-0.2, -0.15) is 0 Å². The molecule has 3 rings (SSSR count). The van der Waals surface area contributed by atoms with Crippen molar-refractivity contribution >= 4 is 43.3 Å². The van der Waals surface area contributed by atoms with Crippen LogP contribution >= 0.6 is 15.9 Å². The normalized spacial score (nSPS) is 18.7. The van der Waals surface area contributed by atoms with Crippen LogP contribution in [0.2, 0.25) is 0 Å². The maximum atomic E-state index is 12.4. The van der Waals surface area contributed by atoms with Crippen molar-refractivity contribution in [1.29, 1.82) is 0 Å². The number of carbonyl (C=O) groups excluding carboxylic acids is 2. The molecule has 0 bridgehead atoms. The summed E-state index contributed by atoms with van der Waals surface area (Å²) in [6.07, 6.45) is 4.24. The average molecular weight is 397 g/mol. The van der Waals surface area contributed by atoms with Gasteiger partial charge in [-0.3, -0.25) is 14.5 Å². The minimum Gasteiger partial charge on any atom is -0.326 e. The lowest BCUT2D eigenvalue weighted by Crippen LogP contribution is -2.23. The molecule has 0 spiro atoms. The minimum absolute atomic E-state index is 0.0110. The minimum atomic E-state index is -3.38. The van der Waals surface area contributed by atoms with Crippen LogP contribution in [0.3, 0.4) is 0 Å². The van der Waals surface area contributed by atoms with Crippen LogP contribution in [0.15, 0.2) is 45.9 Å². The summed E-state index contributed by atoms with van der Waals surface area (Å²) < 4.78 is 23.1. The first kappa shape index (κ1) is 15.9. The molecule has 1 saturated carbocycles. The van der Waals surface area contributed by atoms with Gasteiger partial charge in [0.05, 0.1) is 16.4 Å². The van der Waals surface area contributed by atoms with Gasteiger partial charge in [-0.1, -0.05) is 0 Å². The summed E-state index contributed by atoms with van der Waals surface area (Å²) in [6.45, 7) is 0. The zero-order valence-corrected chi connectivity index (χ0v) is 14.3. The highest BCUT2D eigenvalue weighted by Gasteiger charge is 2.29. The van der Waals surface area contributed by atoms with E-state index < -0.39 is 9.84 Å². The number of nitrogens with one attached hydrogen (secondary N) is 1. The van der Waals surface area contributed by atoms with E-state index in [0.29, 0.717) is 15.7 Å². The summed E-state index contributed by atoms with van der Waals surface area (Å²) in [7, 11) is -3.38. The topological polar surface area (TPSA) is 83.6 Å². The second-order valence-electron chi connectivity index (χ2n) is 5.33. The number of amides is 2. The Hall–Kier alpha value is -1.93. The summed E-state index contributed by atoms with van der Waals surface area (Å²) in [5.74, 6) is -0.289. The Morgan fingerprint density at radius 2 is 1.83 bits per heavy atom. The molecular weight excluding hydrogens is 384 g/mol. The van der Waals surface area contributed by atoms with Gasteiger partial charge >= 0.3 is 0 Å². The van der Waals surface area contributed by atoms with Crippen molar-refractivity contribution in [2.75, 3.05) is 5.32 Å². The number of halogens is 1. The summed E-state index contributed by atoms with van der Waals surface area (Å²) in [4.78, 5) is 25.3. The fourth-order valence-corrected chi connectivity index (χ4v) is 3.27. The fourth-order valence-electron chi connectivity index (χ4n) is 2.03. The highest BCUT2D eigenvalue weighted by Crippen LogP contribution is 2.31. The Kier molecular flexibility index (Phi) is 4.11. The van der Waals surface area contributed by atoms with E-state index in [0.717, 1.165) is 23.7 Å². The standard InChI is InChI=1S/C15H13BrN2O4S/c16-13-9-11(17-14(19)10-1-2-10)3-4-12(13)15(20)18-5-7-23(21,22)8-6-18/h3-10H,1-2H2,(H,17,19). The maximum Gasteiger partial charge on any atom is 0.263 e. The van der Waals surface area contributed by atoms with Crippen molar-refractivity contribution in [2.45, 2.75) is 12.8 Å². The van der Waals surface area contributed by atoms with E-state index in [1.54, 1.807) is 18.2 Å². The third-order valence-corrected chi connectivity index (χ3v) is 5.13. The van der Waals surface area contributed by atoms with E-state index in [-0.39, 0.29) is 17.7 Å². The van der Waals surface area contributed by atoms with Crippen molar-refractivity contribution in [1.82, 2.24) is 4.90 Å². The van der Waals surface area contributed by atoms with Gasteiger partial charge in [-0.05, 0) is 47.0 Å². The summed E-state index contributed by atoms with van der Waals surface area (Å²) in [5, 5.41) is 4.72. The molecule has 0 atom stereocenters. The first-order valence-corrected chi connectivity index (χ1v) is 9.30. The lowest BCUT2D eigenvalue weighted by molar-refractivity contribution is -0.117. The van der Waals surface area contributed by atoms with Crippen LogP contribution in [0.4, 0.5) is 5.69 Å². The van der Waals surface area contributed by atoms with E-state index in [1.165, 1.54) is 17.3 Å². The molecule has 2 aliphatic rings. The van der Waals surface area contributed by atoms with Crippen LogP contribution in [0.5, 0.6) is 0 Å². The highest BCUT2D eigenvalue weighted by molar-refractivity contribution is 9.10. The number of hydrogen-bond acceptors (Lipinski definition) is 4. The van der Waals surface area contributed by atoms with Crippen molar-refractivity contribution < 1.29 is 18.0 Å². The lowest BCUT2D eigenvalue weighted by atomic mass is 10.2. The SMILES string of the molecule is O=C(Nc1ccc(C(=O)N2C=CS(=O)(=O)C=C2)c(Br)c1)C1CC1. The number of nitrogens with zero attached hydrogens (tertiary/aromatic N) is 1. The molecule has 1 aliphatic heterocycles. The van der Waals surface area contributed by atoms with E-state index in [2.05, 4.69) is 21.2 Å². The van der Waals surface area contributed by atoms with E-state index in [9.17, 15) is 18.0 Å². The number of carbonyl (C=O) groups is 2. The number of benzene rings is 1. The third kappa shape index (κ3) is 3.70. The molecule has 120 valence electrons. The van der Waals surface area contributed by atoms with Crippen LogP contribution in [0, 0.1) is 5.92 Å². The van der Waals surface area contributed by atoms with Crippen molar-refractivity contribution in [3.8, 4) is 0 Å². The molecule has 1 N–H and O–H groups in total. The summed E-state index contributed by atoms with van der Waals surface area (Å²) in [5.41, 5.74) is 0.973. The van der Waals surface area contributed by atoms with E-state index >= 15 is 0 Å². The monoisotopic (exact) mass is 396 g/mol. The Morgan fingerprint density at radius 1 is 1.17 bits per heavy atom. The Balaban J connectivity index is 1.76. The van der Waals surface area contributed by atoms with Crippen LogP contribution in [0.25, 0.3) is 0 Å². The summed E-state index contributed by atoms with van der Waals surface area (Å²) in [6, 6.07) is 4.88. The second-order valence-corrected chi connectivity index (χ2v) is 7.91. The molecule has 2 amide bonds. The molecule has 1 heterocycles. The molecule has 1 fully saturated rings. The predicted molar refractivity (Wildman–Crippen MR) is 88.9 cm³/mol. The molecular formula is C15H13BrN2O4S. The average Bonchev–Trinajstić information content (AvgIpc) is 3.31. The number of rotatable bonds is 3. The first-order valence-electron chi connectivity index (χ1n) is 6.90. The third-order valence-electron chi connectivity index (χ3n) is 3.47. The van der Waals surface area contributed by atoms with Crippen molar-refractivity contribution in [3.63, 3.8) is 0 Å². The highest BCUT2D eigenvalue weighted by atomic mass is 79.9. The van der Waals surface area contributed by atoms with Crippen LogP contribution < -0.4 is 5.32 Å². The van der Waals surface area contributed by atoms with Gasteiger partial charge in [-0.25, -0.2) is 8.42 Å². The first-order chi connectivity index (χ1) is 10.9. The lowest BCUT2D eigenvalue weighted by Gasteiger charge is -2.17. The molecule has 23 heavy (non-hydrogen) atoms. The van der Waals surface area contributed by atoms with Gasteiger partial charge in [-0.15, -0.1) is 0 Å². The molecule has 1 aliphatic carbocycles. The van der Waals surface area contributed by atoms with Gasteiger partial charge in [0.15, 0.2) is 9.84 Å². The zero-order chi connectivity index (χ0) is 16.6. The molecule has 0 unspecified atom stereocenters. The van der Waals surface area contributed by atoms with Crippen LogP contribution in [0.1, 0.15) is 23.2 Å². The van der Waals surface area contributed by atoms with Crippen molar-refractivity contribution in [3.05, 3.63) is 51.5 Å². The quantitative estimate of drug-likeness (QED) is 0.850. The van der Waals surface area contributed by atoms with Crippen LogP contribution in [-0.2, 0) is 14.6 Å². The number of anilines is 1. The second kappa shape index (κ2) is 5.93. The van der Waals surface area contributed by atoms with Crippen molar-refractivity contribution in [2.24, 2.45) is 5.92 Å². The molecule has 1 aromatic carbocycles. The Morgan fingerprint density at radius 3 is 2.39 bits per heavy atom. The Bertz CT molecular complexity index is 821. The van der Waals surface area contributed by atoms with Gasteiger partial charge in [0.2, 0.25) is 5.91 Å². The fraction of sp³-hybridized carbons (Fsp3) is 0.200. The van der Waals surface area contributed by atoms with Gasteiger partial charge < -0.3 is 5.32 Å². The number of hydrogen-bond donors (Lipinski definition) is 1. The van der Waals surface area contributed by atoms with Gasteiger partial charge in [0.1, 0.15) is 0 Å². The maximum absolute atomic E-state index is 12.4. The zero-order valence-electron chi connectivity index (χ0n) is 11.9. The predicted octanol–water partition coefficient (Wildman–Crippen LogP) is 2.61. The van der Waals surface area contributed by atoms with E-state index in [4.69, 9.17) is 0 Å². The molecule has 6 nitrogen and oxygen atoms in total. The van der Waals surface area contributed by atoms with Gasteiger partial charge in [0, 0.05) is 28.5 Å². The molecule has 8 heteroatoms. The molecule has 1 aromatic rings. The number of sulfone groups is 1. The summed E-state index contributed by atoms with van der Waals surface area (Å²) >= 11 is 3.31. The smallest absolute Gasteiger partial charge is 0.263 e. The largest absolute Gasteiger partial charge is 0.326 e. The van der Waals surface area contributed by atoms with E-state index in [1.807, 2.05) is 0 Å². The Labute approximate surface area is 141 Å².